The van der Waals surface area contributed by atoms with Crippen molar-refractivity contribution in [3.8, 4) is 11.5 Å². The van der Waals surface area contributed by atoms with Gasteiger partial charge in [0, 0.05) is 24.7 Å². The molecule has 2 heterocycles. The summed E-state index contributed by atoms with van der Waals surface area (Å²) in [6.07, 6.45) is 2.59. The van der Waals surface area contributed by atoms with Crippen LogP contribution in [0, 0.1) is 5.92 Å². The molecule has 4 heteroatoms. The number of phenolic OH excluding ortho intramolecular Hbond substituents is 1. The molecule has 0 bridgehead atoms. The summed E-state index contributed by atoms with van der Waals surface area (Å²) in [4.78, 5) is 2.50. The van der Waals surface area contributed by atoms with Crippen molar-refractivity contribution in [3.63, 3.8) is 0 Å². The third kappa shape index (κ3) is 2.55. The first kappa shape index (κ1) is 12.8. The van der Waals surface area contributed by atoms with Gasteiger partial charge in [-0.15, -0.1) is 0 Å². The van der Waals surface area contributed by atoms with E-state index in [1.807, 2.05) is 6.07 Å². The maximum atomic E-state index is 10.0. The first-order chi connectivity index (χ1) is 9.28. The summed E-state index contributed by atoms with van der Waals surface area (Å²) in [5.74, 6) is 1.96. The minimum absolute atomic E-state index is 0.369. The normalized spacial score (nSPS) is 27.2. The zero-order valence-electron chi connectivity index (χ0n) is 11.4. The Balaban J connectivity index is 1.76. The van der Waals surface area contributed by atoms with Crippen LogP contribution in [0.2, 0.25) is 0 Å². The summed E-state index contributed by atoms with van der Waals surface area (Å²) in [6, 6.07) is 6.10. The minimum Gasteiger partial charge on any atom is -0.508 e. The molecule has 3 rings (SSSR count). The van der Waals surface area contributed by atoms with Crippen LogP contribution < -0.4 is 10.1 Å². The van der Waals surface area contributed by atoms with Gasteiger partial charge in [-0.2, -0.15) is 0 Å². The lowest BCUT2D eigenvalue weighted by molar-refractivity contribution is 0.116. The van der Waals surface area contributed by atoms with Crippen molar-refractivity contribution in [3.05, 3.63) is 23.8 Å². The monoisotopic (exact) mass is 262 g/mol. The molecule has 19 heavy (non-hydrogen) atoms. The number of nitrogens with one attached hydrogen (secondary N) is 1. The summed E-state index contributed by atoms with van der Waals surface area (Å²) in [6.45, 7) is 4.16. The van der Waals surface area contributed by atoms with E-state index >= 15 is 0 Å². The molecular weight excluding hydrogens is 240 g/mol. The first-order valence-electron chi connectivity index (χ1n) is 7.08. The second-order valence-corrected chi connectivity index (χ2v) is 5.59. The third-order valence-electron chi connectivity index (χ3n) is 4.45. The Morgan fingerprint density at radius 3 is 3.16 bits per heavy atom. The van der Waals surface area contributed by atoms with Gasteiger partial charge in [0.2, 0.25) is 0 Å². The highest BCUT2D eigenvalue weighted by Gasteiger charge is 2.34. The molecule has 2 aliphatic heterocycles. The molecule has 1 aromatic carbocycles. The molecular formula is C15H22N2O2. The van der Waals surface area contributed by atoms with E-state index in [9.17, 15) is 5.11 Å². The predicted octanol–water partition coefficient (Wildman–Crippen LogP) is 1.58. The molecule has 2 aliphatic rings. The van der Waals surface area contributed by atoms with Crippen LogP contribution in [0.15, 0.2) is 18.2 Å². The molecule has 0 radical (unpaired) electrons. The Morgan fingerprint density at radius 2 is 2.32 bits per heavy atom. The number of benzene rings is 1. The van der Waals surface area contributed by atoms with Crippen LogP contribution in [-0.4, -0.2) is 42.8 Å². The molecule has 2 saturated heterocycles. The van der Waals surface area contributed by atoms with Gasteiger partial charge in [0.05, 0.1) is 7.11 Å². The van der Waals surface area contributed by atoms with E-state index in [0.29, 0.717) is 11.8 Å². The zero-order valence-corrected chi connectivity index (χ0v) is 11.4. The summed E-state index contributed by atoms with van der Waals surface area (Å²) >= 11 is 0. The van der Waals surface area contributed by atoms with Gasteiger partial charge >= 0.3 is 0 Å². The molecule has 0 aromatic heterocycles. The number of piperidine rings is 1. The maximum Gasteiger partial charge on any atom is 0.120 e. The number of rotatable bonds is 3. The van der Waals surface area contributed by atoms with Crippen LogP contribution in [-0.2, 0) is 6.54 Å². The second-order valence-electron chi connectivity index (χ2n) is 5.59. The molecule has 0 amide bonds. The van der Waals surface area contributed by atoms with Gasteiger partial charge in [0.15, 0.2) is 0 Å². The number of likely N-dealkylation sites (tertiary alicyclic amines) is 1. The second kappa shape index (κ2) is 5.39. The van der Waals surface area contributed by atoms with Crippen LogP contribution in [0.1, 0.15) is 18.4 Å². The topological polar surface area (TPSA) is 44.7 Å². The first-order valence-corrected chi connectivity index (χ1v) is 7.08. The van der Waals surface area contributed by atoms with Crippen LogP contribution in [0.3, 0.4) is 0 Å². The summed E-state index contributed by atoms with van der Waals surface area (Å²) in [5, 5.41) is 13.5. The Bertz CT molecular complexity index is 450. The molecule has 2 atom stereocenters. The fourth-order valence-electron chi connectivity index (χ4n) is 3.39. The van der Waals surface area contributed by atoms with Crippen LogP contribution in [0.5, 0.6) is 11.5 Å². The zero-order chi connectivity index (χ0) is 13.2. The number of aromatic hydroxyl groups is 1. The van der Waals surface area contributed by atoms with Crippen molar-refractivity contribution in [2.45, 2.75) is 25.4 Å². The largest absolute Gasteiger partial charge is 0.508 e. The van der Waals surface area contributed by atoms with Gasteiger partial charge in [-0.3, -0.25) is 4.90 Å². The average Bonchev–Trinajstić information content (AvgIpc) is 2.90. The summed E-state index contributed by atoms with van der Waals surface area (Å²) < 4.78 is 5.24. The van der Waals surface area contributed by atoms with Gasteiger partial charge in [0.25, 0.3) is 0 Å². The van der Waals surface area contributed by atoms with Crippen molar-refractivity contribution >= 4 is 0 Å². The predicted molar refractivity (Wildman–Crippen MR) is 74.5 cm³/mol. The molecule has 1 aromatic rings. The standard InChI is InChI=1S/C15H22N2O2/c1-19-13-4-5-15(18)12(7-13)10-17-6-2-3-11-8-16-9-14(11)17/h4-5,7,11,14,16,18H,2-3,6,8-10H2,1H3. The molecule has 2 fully saturated rings. The molecule has 4 nitrogen and oxygen atoms in total. The molecule has 2 unspecified atom stereocenters. The minimum atomic E-state index is 0.369. The molecule has 2 N–H and O–H groups in total. The van der Waals surface area contributed by atoms with E-state index in [1.54, 1.807) is 19.2 Å². The lowest BCUT2D eigenvalue weighted by Crippen LogP contribution is -2.44. The van der Waals surface area contributed by atoms with E-state index in [4.69, 9.17) is 4.74 Å². The molecule has 0 spiro atoms. The molecule has 0 saturated carbocycles. The lowest BCUT2D eigenvalue weighted by Gasteiger charge is -2.37. The van der Waals surface area contributed by atoms with Gasteiger partial charge in [-0.1, -0.05) is 0 Å². The quantitative estimate of drug-likeness (QED) is 0.868. The number of hydrogen-bond donors (Lipinski definition) is 2. The Hall–Kier alpha value is -1.26. The number of hydrogen-bond acceptors (Lipinski definition) is 4. The lowest BCUT2D eigenvalue weighted by atomic mass is 9.91. The van der Waals surface area contributed by atoms with Gasteiger partial charge < -0.3 is 15.2 Å². The Morgan fingerprint density at radius 1 is 1.42 bits per heavy atom. The number of methoxy groups -OCH3 is 1. The number of fused-ring (bicyclic) bond motifs is 1. The maximum absolute atomic E-state index is 10.0. The number of nitrogens with zero attached hydrogens (tertiary/aromatic N) is 1. The van der Waals surface area contributed by atoms with E-state index in [1.165, 1.54) is 12.8 Å². The van der Waals surface area contributed by atoms with Crippen LogP contribution in [0.4, 0.5) is 0 Å². The van der Waals surface area contributed by atoms with E-state index in [0.717, 1.165) is 43.4 Å². The smallest absolute Gasteiger partial charge is 0.120 e. The summed E-state index contributed by atoms with van der Waals surface area (Å²) in [7, 11) is 1.66. The highest BCUT2D eigenvalue weighted by atomic mass is 16.5. The number of ether oxygens (including phenoxy) is 1. The Labute approximate surface area is 114 Å². The highest BCUT2D eigenvalue weighted by molar-refractivity contribution is 5.39. The third-order valence-corrected chi connectivity index (χ3v) is 4.45. The Kier molecular flexibility index (Phi) is 3.62. The van der Waals surface area contributed by atoms with Crippen molar-refractivity contribution in [2.75, 3.05) is 26.7 Å². The van der Waals surface area contributed by atoms with E-state index < -0.39 is 0 Å². The van der Waals surface area contributed by atoms with Crippen molar-refractivity contribution in [2.24, 2.45) is 5.92 Å². The van der Waals surface area contributed by atoms with Crippen LogP contribution >= 0.6 is 0 Å². The SMILES string of the molecule is COc1ccc(O)c(CN2CCCC3CNCC32)c1. The molecule has 104 valence electrons. The van der Waals surface area contributed by atoms with Gasteiger partial charge in [-0.25, -0.2) is 0 Å². The van der Waals surface area contributed by atoms with E-state index in [2.05, 4.69) is 10.2 Å². The van der Waals surface area contributed by atoms with Crippen molar-refractivity contribution in [1.82, 2.24) is 10.2 Å². The summed E-state index contributed by atoms with van der Waals surface area (Å²) in [5.41, 5.74) is 0.965. The van der Waals surface area contributed by atoms with Gasteiger partial charge in [-0.05, 0) is 50.0 Å². The van der Waals surface area contributed by atoms with Crippen LogP contribution in [0.25, 0.3) is 0 Å². The highest BCUT2D eigenvalue weighted by Crippen LogP contribution is 2.30. The molecule has 0 aliphatic carbocycles. The number of phenols is 1. The fraction of sp³-hybridized carbons (Fsp3) is 0.600. The van der Waals surface area contributed by atoms with Crippen molar-refractivity contribution in [1.29, 1.82) is 0 Å². The average molecular weight is 262 g/mol. The van der Waals surface area contributed by atoms with Gasteiger partial charge in [0.1, 0.15) is 11.5 Å². The van der Waals surface area contributed by atoms with E-state index in [-0.39, 0.29) is 0 Å². The fourth-order valence-corrected chi connectivity index (χ4v) is 3.39. The van der Waals surface area contributed by atoms with Crippen molar-refractivity contribution < 1.29 is 9.84 Å².